The Morgan fingerprint density at radius 3 is 2.92 bits per heavy atom. The molecule has 1 nitrogen and oxygen atoms in total. The Bertz CT molecular complexity index is 341. The molecule has 0 unspecified atom stereocenters. The molecule has 2 N–H and O–H groups in total. The summed E-state index contributed by atoms with van der Waals surface area (Å²) in [5.74, 6) is 1.04. The smallest absolute Gasteiger partial charge is 0.0560 e. The normalized spacial score (nSPS) is 21.3. The minimum absolute atomic E-state index is 0.0902. The third kappa shape index (κ3) is 1.82. The first-order valence-corrected chi connectivity index (χ1v) is 5.80. The van der Waals surface area contributed by atoms with E-state index in [1.165, 1.54) is 0 Å². The van der Waals surface area contributed by atoms with E-state index in [0.717, 1.165) is 27.7 Å². The van der Waals surface area contributed by atoms with Crippen molar-refractivity contribution in [3.63, 3.8) is 0 Å². The van der Waals surface area contributed by atoms with E-state index in [4.69, 9.17) is 28.9 Å². The molecular weight excluding hydrogens is 225 g/mol. The standard InChI is InChI=1S/C9H9Cl2NS/c10-5-3-6-8(12)1-2-13-9(6)7(11)4-5/h3-4,8H,1-2,12H2/t8-/m1/s1. The van der Waals surface area contributed by atoms with Crippen molar-refractivity contribution in [3.05, 3.63) is 27.7 Å². The van der Waals surface area contributed by atoms with Crippen LogP contribution in [0.15, 0.2) is 17.0 Å². The van der Waals surface area contributed by atoms with Gasteiger partial charge in [0.2, 0.25) is 0 Å². The highest BCUT2D eigenvalue weighted by Crippen LogP contribution is 2.41. The van der Waals surface area contributed by atoms with Crippen molar-refractivity contribution < 1.29 is 0 Å². The summed E-state index contributed by atoms with van der Waals surface area (Å²) in [7, 11) is 0. The third-order valence-electron chi connectivity index (χ3n) is 2.11. The van der Waals surface area contributed by atoms with Crippen LogP contribution in [-0.4, -0.2) is 5.75 Å². The molecule has 2 rings (SSSR count). The Labute approximate surface area is 91.6 Å². The second-order valence-electron chi connectivity index (χ2n) is 3.05. The summed E-state index contributed by atoms with van der Waals surface area (Å²) in [6.45, 7) is 0. The lowest BCUT2D eigenvalue weighted by Crippen LogP contribution is -2.16. The molecule has 1 aliphatic rings. The van der Waals surface area contributed by atoms with Crippen molar-refractivity contribution >= 4 is 35.0 Å². The van der Waals surface area contributed by atoms with Crippen molar-refractivity contribution in [2.75, 3.05) is 5.75 Å². The fraction of sp³-hybridized carbons (Fsp3) is 0.333. The molecule has 0 saturated carbocycles. The third-order valence-corrected chi connectivity index (χ3v) is 3.92. The topological polar surface area (TPSA) is 26.0 Å². The first kappa shape index (κ1) is 9.66. The van der Waals surface area contributed by atoms with E-state index in [1.807, 2.05) is 6.07 Å². The van der Waals surface area contributed by atoms with Gasteiger partial charge < -0.3 is 5.73 Å². The maximum Gasteiger partial charge on any atom is 0.0560 e. The van der Waals surface area contributed by atoms with Crippen LogP contribution in [0, 0.1) is 0 Å². The number of halogens is 2. The summed E-state index contributed by atoms with van der Waals surface area (Å²) < 4.78 is 0. The number of benzene rings is 1. The minimum Gasteiger partial charge on any atom is -0.324 e. The summed E-state index contributed by atoms with van der Waals surface area (Å²) in [6, 6.07) is 3.78. The molecule has 0 aromatic heterocycles. The molecule has 1 aromatic rings. The Kier molecular flexibility index (Phi) is 2.75. The number of hydrogen-bond donors (Lipinski definition) is 1. The Balaban J connectivity index is 2.56. The van der Waals surface area contributed by atoms with Gasteiger partial charge in [0.05, 0.1) is 5.02 Å². The highest BCUT2D eigenvalue weighted by Gasteiger charge is 2.20. The molecule has 0 fully saturated rings. The highest BCUT2D eigenvalue weighted by molar-refractivity contribution is 7.99. The average molecular weight is 234 g/mol. The molecule has 0 saturated heterocycles. The first-order valence-electron chi connectivity index (χ1n) is 4.06. The summed E-state index contributed by atoms with van der Waals surface area (Å²) in [5.41, 5.74) is 7.04. The van der Waals surface area contributed by atoms with Crippen LogP contribution in [0.3, 0.4) is 0 Å². The van der Waals surface area contributed by atoms with Crippen molar-refractivity contribution in [1.29, 1.82) is 0 Å². The second-order valence-corrected chi connectivity index (χ2v) is 5.00. The zero-order chi connectivity index (χ0) is 9.42. The Morgan fingerprint density at radius 1 is 1.38 bits per heavy atom. The summed E-state index contributed by atoms with van der Waals surface area (Å²) in [5, 5.41) is 1.39. The quantitative estimate of drug-likeness (QED) is 0.743. The zero-order valence-corrected chi connectivity index (χ0v) is 9.22. The van der Waals surface area contributed by atoms with Gasteiger partial charge in [0.25, 0.3) is 0 Å². The summed E-state index contributed by atoms with van der Waals surface area (Å²) >= 11 is 13.7. The van der Waals surface area contributed by atoms with Gasteiger partial charge in [-0.05, 0) is 29.9 Å². The van der Waals surface area contributed by atoms with Gasteiger partial charge in [0.1, 0.15) is 0 Å². The number of thioether (sulfide) groups is 1. The van der Waals surface area contributed by atoms with Crippen molar-refractivity contribution in [1.82, 2.24) is 0 Å². The lowest BCUT2D eigenvalue weighted by molar-refractivity contribution is 0.680. The van der Waals surface area contributed by atoms with Gasteiger partial charge in [-0.2, -0.15) is 0 Å². The van der Waals surface area contributed by atoms with Gasteiger partial charge in [-0.3, -0.25) is 0 Å². The van der Waals surface area contributed by atoms with Crippen LogP contribution in [0.1, 0.15) is 18.0 Å². The number of nitrogens with two attached hydrogens (primary N) is 1. The van der Waals surface area contributed by atoms with Crippen LogP contribution in [0.5, 0.6) is 0 Å². The van der Waals surface area contributed by atoms with Crippen LogP contribution in [0.25, 0.3) is 0 Å². The predicted molar refractivity (Wildman–Crippen MR) is 58.7 cm³/mol. The monoisotopic (exact) mass is 233 g/mol. The molecule has 13 heavy (non-hydrogen) atoms. The fourth-order valence-corrected chi connectivity index (χ4v) is 3.27. The van der Waals surface area contributed by atoms with Gasteiger partial charge in [0.15, 0.2) is 0 Å². The van der Waals surface area contributed by atoms with E-state index in [-0.39, 0.29) is 6.04 Å². The van der Waals surface area contributed by atoms with Crippen molar-refractivity contribution in [2.45, 2.75) is 17.4 Å². The number of fused-ring (bicyclic) bond motifs is 1. The van der Waals surface area contributed by atoms with Crippen molar-refractivity contribution in [3.8, 4) is 0 Å². The molecule has 0 bridgehead atoms. The maximum absolute atomic E-state index is 6.05. The van der Waals surface area contributed by atoms with Crippen LogP contribution in [0.2, 0.25) is 10.0 Å². The lowest BCUT2D eigenvalue weighted by atomic mass is 10.1. The number of hydrogen-bond acceptors (Lipinski definition) is 2. The Morgan fingerprint density at radius 2 is 2.15 bits per heavy atom. The molecule has 0 aliphatic carbocycles. The highest BCUT2D eigenvalue weighted by atomic mass is 35.5. The van der Waals surface area contributed by atoms with Gasteiger partial charge in [-0.1, -0.05) is 23.2 Å². The first-order chi connectivity index (χ1) is 6.18. The molecule has 70 valence electrons. The average Bonchev–Trinajstić information content (AvgIpc) is 2.07. The van der Waals surface area contributed by atoms with Gasteiger partial charge >= 0.3 is 0 Å². The van der Waals surface area contributed by atoms with E-state index < -0.39 is 0 Å². The molecule has 0 radical (unpaired) electrons. The molecule has 0 spiro atoms. The lowest BCUT2D eigenvalue weighted by Gasteiger charge is -2.22. The van der Waals surface area contributed by atoms with Crippen LogP contribution in [-0.2, 0) is 0 Å². The molecule has 1 aliphatic heterocycles. The molecule has 1 atom stereocenters. The molecule has 0 amide bonds. The van der Waals surface area contributed by atoms with E-state index in [0.29, 0.717) is 5.02 Å². The van der Waals surface area contributed by atoms with Gasteiger partial charge in [-0.15, -0.1) is 11.8 Å². The fourth-order valence-electron chi connectivity index (χ4n) is 1.45. The largest absolute Gasteiger partial charge is 0.324 e. The van der Waals surface area contributed by atoms with E-state index in [2.05, 4.69) is 0 Å². The molecule has 4 heteroatoms. The predicted octanol–water partition coefficient (Wildman–Crippen LogP) is 3.49. The molecule has 1 aromatic carbocycles. The van der Waals surface area contributed by atoms with Gasteiger partial charge in [0, 0.05) is 16.0 Å². The van der Waals surface area contributed by atoms with E-state index in [1.54, 1.807) is 17.8 Å². The summed E-state index contributed by atoms with van der Waals surface area (Å²) in [4.78, 5) is 1.10. The van der Waals surface area contributed by atoms with Crippen LogP contribution < -0.4 is 5.73 Å². The molecular formula is C9H9Cl2NS. The SMILES string of the molecule is N[C@@H]1CCSc2c(Cl)cc(Cl)cc21. The van der Waals surface area contributed by atoms with Gasteiger partial charge in [-0.25, -0.2) is 0 Å². The van der Waals surface area contributed by atoms with Crippen LogP contribution in [0.4, 0.5) is 0 Å². The van der Waals surface area contributed by atoms with Crippen LogP contribution >= 0.6 is 35.0 Å². The molecule has 1 heterocycles. The minimum atomic E-state index is 0.0902. The Hall–Kier alpha value is 0.110. The van der Waals surface area contributed by atoms with E-state index in [9.17, 15) is 0 Å². The zero-order valence-electron chi connectivity index (χ0n) is 6.89. The number of rotatable bonds is 0. The second kappa shape index (κ2) is 3.70. The maximum atomic E-state index is 6.05. The van der Waals surface area contributed by atoms with Crippen molar-refractivity contribution in [2.24, 2.45) is 5.73 Å². The van der Waals surface area contributed by atoms with E-state index >= 15 is 0 Å². The summed E-state index contributed by atoms with van der Waals surface area (Å²) in [6.07, 6.45) is 0.994.